The Morgan fingerprint density at radius 1 is 0.845 bits per heavy atom. The molecular weight excluding hydrogens is 705 g/mol. The molecule has 12 rings (SSSR count). The fourth-order valence-electron chi connectivity index (χ4n) is 11.7. The highest BCUT2D eigenvalue weighted by Crippen LogP contribution is 2.63. The highest BCUT2D eigenvalue weighted by molar-refractivity contribution is 5.93. The van der Waals surface area contributed by atoms with Gasteiger partial charge in [0.2, 0.25) is 0 Å². The van der Waals surface area contributed by atoms with Crippen molar-refractivity contribution in [2.24, 2.45) is 11.8 Å². The van der Waals surface area contributed by atoms with Gasteiger partial charge in [-0.3, -0.25) is 0 Å². The zero-order valence-corrected chi connectivity index (χ0v) is 32.8. The maximum Gasteiger partial charge on any atom is 0.130 e. The van der Waals surface area contributed by atoms with Gasteiger partial charge < -0.3 is 14.2 Å². The summed E-state index contributed by atoms with van der Waals surface area (Å²) in [7, 11) is 0. The molecule has 0 N–H and O–H groups in total. The minimum atomic E-state index is -0.160. The number of allylic oxidation sites excluding steroid dienone is 13. The molecule has 4 aromatic carbocycles. The fourth-order valence-corrected chi connectivity index (χ4v) is 11.7. The van der Waals surface area contributed by atoms with Crippen molar-refractivity contribution in [3.63, 3.8) is 0 Å². The fraction of sp³-hybridized carbons (Fsp3) is 0.218. The van der Waals surface area contributed by atoms with Crippen LogP contribution in [0.3, 0.4) is 0 Å². The molecule has 58 heavy (non-hydrogen) atoms. The maximum atomic E-state index is 6.62. The second-order valence-corrected chi connectivity index (χ2v) is 17.0. The lowest BCUT2D eigenvalue weighted by molar-refractivity contribution is 0.232. The Morgan fingerprint density at radius 3 is 2.55 bits per heavy atom. The van der Waals surface area contributed by atoms with Gasteiger partial charge in [-0.15, -0.1) is 5.73 Å². The van der Waals surface area contributed by atoms with Crippen molar-refractivity contribution in [2.75, 3.05) is 4.90 Å². The Labute approximate surface area is 341 Å². The molecule has 0 bridgehead atoms. The van der Waals surface area contributed by atoms with Crippen molar-refractivity contribution >= 4 is 22.7 Å². The topological polar surface area (TPSA) is 17.4 Å². The largest absolute Gasteiger partial charge is 0.461 e. The van der Waals surface area contributed by atoms with E-state index in [4.69, 9.17) is 4.74 Å². The summed E-state index contributed by atoms with van der Waals surface area (Å²) in [5.41, 5.74) is 18.7. The number of nitrogens with zero attached hydrogens (tertiary/aromatic N) is 2. The molecule has 0 fully saturated rings. The van der Waals surface area contributed by atoms with Crippen LogP contribution < -0.4 is 9.64 Å². The second kappa shape index (κ2) is 13.0. The van der Waals surface area contributed by atoms with Gasteiger partial charge >= 0.3 is 0 Å². The standard InChI is InChI=1S/C55H44N2O/c1-36-15-13-25-51-54(36)47-33-40(29-32-50(47)57(51)39-20-9-4-10-21-39)56(42-28-31-46-45-22-11-12-26-52(45)58-53(46)35-42)41-27-30-44-43-23-14-24-48(43)55(49(44)34-41,37-16-5-2-6-17-37)38-18-7-3-8-19-38/h2-7,9-13,16-17,20-28,30,33,35-36,38,46,49H,8,15,18-19,31,34H2,1H3. The molecule has 6 aliphatic carbocycles. The van der Waals surface area contributed by atoms with Crippen LogP contribution in [0, 0.1) is 24.0 Å². The summed E-state index contributed by atoms with van der Waals surface area (Å²) in [5.74, 6) is 3.37. The number of fused-ring (bicyclic) bond motifs is 8. The molecule has 3 heteroatoms. The predicted octanol–water partition coefficient (Wildman–Crippen LogP) is 13.1. The molecule has 0 radical (unpaired) electrons. The van der Waals surface area contributed by atoms with Crippen molar-refractivity contribution in [3.8, 4) is 11.4 Å². The molecule has 5 aromatic rings. The van der Waals surface area contributed by atoms with Crippen LogP contribution in [0.2, 0.25) is 0 Å². The minimum absolute atomic E-state index is 0.160. The first-order valence-corrected chi connectivity index (χ1v) is 21.2. The third kappa shape index (κ3) is 4.82. The highest BCUT2D eigenvalue weighted by Gasteiger charge is 2.56. The predicted molar refractivity (Wildman–Crippen MR) is 235 cm³/mol. The zero-order chi connectivity index (χ0) is 38.4. The highest BCUT2D eigenvalue weighted by atomic mass is 16.5. The van der Waals surface area contributed by atoms with E-state index < -0.39 is 0 Å². The first-order valence-electron chi connectivity index (χ1n) is 21.2. The summed E-state index contributed by atoms with van der Waals surface area (Å²) < 4.78 is 9.00. The van der Waals surface area contributed by atoms with E-state index in [0.717, 1.165) is 66.2 Å². The van der Waals surface area contributed by atoms with E-state index in [2.05, 4.69) is 186 Å². The number of anilines is 1. The van der Waals surface area contributed by atoms with E-state index in [-0.39, 0.29) is 17.3 Å². The van der Waals surface area contributed by atoms with Crippen LogP contribution in [-0.2, 0) is 5.41 Å². The van der Waals surface area contributed by atoms with Crippen LogP contribution in [0.25, 0.3) is 22.7 Å². The number of rotatable bonds is 6. The summed E-state index contributed by atoms with van der Waals surface area (Å²) in [6.45, 7) is 2.36. The van der Waals surface area contributed by atoms with Crippen molar-refractivity contribution in [1.82, 2.24) is 4.57 Å². The number of aromatic nitrogens is 1. The summed E-state index contributed by atoms with van der Waals surface area (Å²) in [6, 6.07) is 40.6. The van der Waals surface area contributed by atoms with Crippen LogP contribution in [0.5, 0.6) is 5.75 Å². The van der Waals surface area contributed by atoms with Crippen molar-refractivity contribution in [2.45, 2.75) is 62.7 Å². The van der Waals surface area contributed by atoms with E-state index in [1.54, 1.807) is 0 Å². The van der Waals surface area contributed by atoms with Gasteiger partial charge in [-0.25, -0.2) is 0 Å². The molecule has 0 amide bonds. The lowest BCUT2D eigenvalue weighted by atomic mass is 9.56. The van der Waals surface area contributed by atoms with Gasteiger partial charge in [-0.2, -0.15) is 0 Å². The Bertz CT molecular complexity index is 2830. The quantitative estimate of drug-likeness (QED) is 0.127. The number of benzene rings is 3. The van der Waals surface area contributed by atoms with Gasteiger partial charge in [0.25, 0.3) is 0 Å². The summed E-state index contributed by atoms with van der Waals surface area (Å²) in [4.78, 5) is 2.50. The lowest BCUT2D eigenvalue weighted by Gasteiger charge is -2.47. The molecule has 0 saturated carbocycles. The van der Waals surface area contributed by atoms with E-state index in [0.29, 0.717) is 11.8 Å². The van der Waals surface area contributed by atoms with Crippen LogP contribution in [0.15, 0.2) is 185 Å². The third-order valence-electron chi connectivity index (χ3n) is 14.1. The summed E-state index contributed by atoms with van der Waals surface area (Å²) in [5, 5.41) is 1.25. The number of ether oxygens (including phenoxy) is 1. The Kier molecular flexibility index (Phi) is 7.57. The van der Waals surface area contributed by atoms with E-state index in [9.17, 15) is 0 Å². The lowest BCUT2D eigenvalue weighted by Crippen LogP contribution is -2.43. The van der Waals surface area contributed by atoms with E-state index >= 15 is 0 Å². The average molecular weight is 749 g/mol. The van der Waals surface area contributed by atoms with E-state index in [1.807, 2.05) is 0 Å². The molecule has 3 nitrogen and oxygen atoms in total. The minimum Gasteiger partial charge on any atom is -0.461 e. The normalized spacial score (nSPS) is 25.8. The van der Waals surface area contributed by atoms with E-state index in [1.165, 1.54) is 56.6 Å². The Hall–Kier alpha value is -6.46. The maximum absolute atomic E-state index is 6.62. The molecule has 1 aromatic heterocycles. The molecule has 0 spiro atoms. The smallest absolute Gasteiger partial charge is 0.130 e. The van der Waals surface area contributed by atoms with Gasteiger partial charge in [0.05, 0.1) is 11.4 Å². The van der Waals surface area contributed by atoms with Gasteiger partial charge in [0, 0.05) is 51.4 Å². The Morgan fingerprint density at radius 2 is 1.69 bits per heavy atom. The van der Waals surface area contributed by atoms with Gasteiger partial charge in [-0.1, -0.05) is 104 Å². The van der Waals surface area contributed by atoms with Gasteiger partial charge in [0.1, 0.15) is 17.0 Å². The molecule has 5 atom stereocenters. The van der Waals surface area contributed by atoms with Crippen LogP contribution in [0.4, 0.5) is 5.69 Å². The van der Waals surface area contributed by atoms with Crippen LogP contribution in [0.1, 0.15) is 79.7 Å². The first kappa shape index (κ1) is 33.7. The summed E-state index contributed by atoms with van der Waals surface area (Å²) in [6.07, 6.45) is 29.8. The van der Waals surface area contributed by atoms with Crippen molar-refractivity contribution in [3.05, 3.63) is 220 Å². The average Bonchev–Trinajstić information content (AvgIpc) is 4.05. The third-order valence-corrected chi connectivity index (χ3v) is 14.1. The number of hydrogen-bond donors (Lipinski definition) is 0. The SMILES string of the molecule is CC1CC=Cc2c1c1cc(N(C3=CCC4C(=C3)Oc3ccccc34)C3=CC=C4C5=C(C=C=C5)C(c5ccccc5)(C5CC=CCC5)C4C3)c#cc1n2-c1ccccc1. The molecule has 2 heterocycles. The Balaban J connectivity index is 1.04. The molecule has 7 aliphatic rings. The van der Waals surface area contributed by atoms with Crippen LogP contribution in [-0.4, -0.2) is 4.57 Å². The number of para-hydroxylation sites is 2. The van der Waals surface area contributed by atoms with Crippen LogP contribution >= 0.6 is 0 Å². The molecular formula is C55H44N2O. The van der Waals surface area contributed by atoms with Gasteiger partial charge in [-0.05, 0) is 139 Å². The van der Waals surface area contributed by atoms with Crippen molar-refractivity contribution < 1.29 is 4.74 Å². The number of hydrogen-bond acceptors (Lipinski definition) is 2. The molecule has 0 saturated heterocycles. The van der Waals surface area contributed by atoms with Gasteiger partial charge in [0.15, 0.2) is 0 Å². The second-order valence-electron chi connectivity index (χ2n) is 17.0. The first-order chi connectivity index (χ1) is 28.7. The molecule has 280 valence electrons. The molecule has 5 unspecified atom stereocenters. The van der Waals surface area contributed by atoms with Crippen molar-refractivity contribution in [1.29, 1.82) is 0 Å². The molecule has 1 aliphatic heterocycles. The zero-order valence-electron chi connectivity index (χ0n) is 32.8. The monoisotopic (exact) mass is 748 g/mol. The summed E-state index contributed by atoms with van der Waals surface area (Å²) >= 11 is 0.